The van der Waals surface area contributed by atoms with Crippen molar-refractivity contribution in [3.8, 4) is 17.2 Å². The van der Waals surface area contributed by atoms with Crippen LogP contribution < -0.4 is 19.7 Å². The zero-order chi connectivity index (χ0) is 12.0. The topological polar surface area (TPSA) is 66.0 Å². The van der Waals surface area contributed by atoms with E-state index in [1.165, 1.54) is 21.3 Å². The van der Waals surface area contributed by atoms with Crippen molar-refractivity contribution >= 4 is 12.2 Å². The summed E-state index contributed by atoms with van der Waals surface area (Å²) >= 11 is 0. The second-order valence-corrected chi connectivity index (χ2v) is 2.73. The first kappa shape index (κ1) is 12.0. The van der Waals surface area contributed by atoms with E-state index in [9.17, 15) is 4.79 Å². The van der Waals surface area contributed by atoms with Gasteiger partial charge in [0.2, 0.25) is 5.75 Å². The van der Waals surface area contributed by atoms with Gasteiger partial charge >= 0.3 is 6.47 Å². The molecule has 16 heavy (non-hydrogen) atoms. The molecule has 0 atom stereocenters. The fourth-order valence-electron chi connectivity index (χ4n) is 1.23. The Balaban J connectivity index is 3.09. The number of hydrogen-bond donors (Lipinski definition) is 1. The molecular formula is C10H13NO5. The molecule has 1 aromatic rings. The molecule has 1 rings (SSSR count). The number of ether oxygens (including phenoxy) is 3. The fraction of sp³-hybridized carbons (Fsp3) is 0.300. The van der Waals surface area contributed by atoms with E-state index in [2.05, 4.69) is 10.3 Å². The maximum atomic E-state index is 10.0. The quantitative estimate of drug-likeness (QED) is 0.582. The van der Waals surface area contributed by atoms with Crippen molar-refractivity contribution in [2.24, 2.45) is 0 Å². The monoisotopic (exact) mass is 227 g/mol. The lowest BCUT2D eigenvalue weighted by Gasteiger charge is -2.13. The van der Waals surface area contributed by atoms with Crippen molar-refractivity contribution < 1.29 is 23.8 Å². The highest BCUT2D eigenvalue weighted by molar-refractivity contribution is 5.62. The molecule has 6 nitrogen and oxygen atoms in total. The molecule has 0 aliphatic carbocycles. The summed E-state index contributed by atoms with van der Waals surface area (Å²) < 4.78 is 15.4. The Labute approximate surface area is 93.0 Å². The van der Waals surface area contributed by atoms with E-state index in [0.29, 0.717) is 22.9 Å². The van der Waals surface area contributed by atoms with Gasteiger partial charge in [-0.15, -0.1) is 0 Å². The average Bonchev–Trinajstić information content (AvgIpc) is 2.34. The SMILES string of the molecule is COc1cc(NOC=O)cc(OC)c1OC. The Hall–Kier alpha value is -2.11. The van der Waals surface area contributed by atoms with Crippen LogP contribution >= 0.6 is 0 Å². The van der Waals surface area contributed by atoms with Crippen molar-refractivity contribution in [3.63, 3.8) is 0 Å². The van der Waals surface area contributed by atoms with E-state index in [4.69, 9.17) is 14.2 Å². The van der Waals surface area contributed by atoms with Crippen LogP contribution in [0, 0.1) is 0 Å². The number of carbonyl (C=O) groups excluding carboxylic acids is 1. The van der Waals surface area contributed by atoms with Crippen LogP contribution in [0.25, 0.3) is 0 Å². The highest BCUT2D eigenvalue weighted by Gasteiger charge is 2.13. The summed E-state index contributed by atoms with van der Waals surface area (Å²) in [5.41, 5.74) is 2.93. The summed E-state index contributed by atoms with van der Waals surface area (Å²) in [4.78, 5) is 14.4. The van der Waals surface area contributed by atoms with Gasteiger partial charge in [0, 0.05) is 12.1 Å². The Morgan fingerprint density at radius 2 is 1.62 bits per heavy atom. The van der Waals surface area contributed by atoms with Crippen molar-refractivity contribution in [1.29, 1.82) is 0 Å². The highest BCUT2D eigenvalue weighted by atomic mass is 16.7. The van der Waals surface area contributed by atoms with Crippen LogP contribution in [-0.2, 0) is 9.63 Å². The molecule has 0 fully saturated rings. The lowest BCUT2D eigenvalue weighted by Crippen LogP contribution is -2.01. The molecule has 6 heteroatoms. The molecule has 0 aromatic heterocycles. The highest BCUT2D eigenvalue weighted by Crippen LogP contribution is 2.39. The fourth-order valence-corrected chi connectivity index (χ4v) is 1.23. The molecule has 0 aliphatic heterocycles. The Morgan fingerprint density at radius 3 is 2.00 bits per heavy atom. The first-order valence-corrected chi connectivity index (χ1v) is 4.42. The number of rotatable bonds is 6. The van der Waals surface area contributed by atoms with E-state index in [-0.39, 0.29) is 6.47 Å². The van der Waals surface area contributed by atoms with Gasteiger partial charge in [-0.3, -0.25) is 4.79 Å². The van der Waals surface area contributed by atoms with Gasteiger partial charge in [0.05, 0.1) is 27.0 Å². The van der Waals surface area contributed by atoms with Gasteiger partial charge in [-0.2, -0.15) is 0 Å². The van der Waals surface area contributed by atoms with E-state index < -0.39 is 0 Å². The van der Waals surface area contributed by atoms with Crippen LogP contribution in [0.5, 0.6) is 17.2 Å². The average molecular weight is 227 g/mol. The standard InChI is InChI=1S/C10H13NO5/c1-13-8-4-7(11-16-6-12)5-9(14-2)10(8)15-3/h4-6,11H,1-3H3. The summed E-state index contributed by atoms with van der Waals surface area (Å²) in [5.74, 6) is 1.42. The van der Waals surface area contributed by atoms with Crippen molar-refractivity contribution in [1.82, 2.24) is 0 Å². The number of anilines is 1. The first-order chi connectivity index (χ1) is 7.76. The van der Waals surface area contributed by atoms with E-state index in [1.807, 2.05) is 0 Å². The number of benzene rings is 1. The van der Waals surface area contributed by atoms with E-state index >= 15 is 0 Å². The van der Waals surface area contributed by atoms with E-state index in [0.717, 1.165) is 0 Å². The molecule has 0 radical (unpaired) electrons. The van der Waals surface area contributed by atoms with Gasteiger partial charge in [0.15, 0.2) is 11.5 Å². The molecule has 1 aromatic carbocycles. The number of methoxy groups -OCH3 is 3. The number of nitrogens with one attached hydrogen (secondary N) is 1. The lowest BCUT2D eigenvalue weighted by molar-refractivity contribution is -0.126. The molecule has 0 unspecified atom stereocenters. The molecular weight excluding hydrogens is 214 g/mol. The minimum Gasteiger partial charge on any atom is -0.493 e. The molecule has 0 saturated carbocycles. The summed E-state index contributed by atoms with van der Waals surface area (Å²) in [5, 5.41) is 0. The molecule has 0 spiro atoms. The maximum absolute atomic E-state index is 10.0. The predicted molar refractivity (Wildman–Crippen MR) is 56.9 cm³/mol. The van der Waals surface area contributed by atoms with Crippen LogP contribution in [0.2, 0.25) is 0 Å². The van der Waals surface area contributed by atoms with Crippen LogP contribution in [0.4, 0.5) is 5.69 Å². The molecule has 0 bridgehead atoms. The number of carbonyl (C=O) groups is 1. The maximum Gasteiger partial charge on any atom is 0.320 e. The minimum absolute atomic E-state index is 0.281. The third kappa shape index (κ3) is 2.47. The van der Waals surface area contributed by atoms with Gasteiger partial charge in [0.25, 0.3) is 0 Å². The van der Waals surface area contributed by atoms with Crippen molar-refractivity contribution in [2.45, 2.75) is 0 Å². The zero-order valence-corrected chi connectivity index (χ0v) is 9.27. The largest absolute Gasteiger partial charge is 0.493 e. The van der Waals surface area contributed by atoms with Crippen LogP contribution in [-0.4, -0.2) is 27.8 Å². The summed E-state index contributed by atoms with van der Waals surface area (Å²) in [6.07, 6.45) is 0. The normalized spacial score (nSPS) is 9.19. The van der Waals surface area contributed by atoms with Gasteiger partial charge in [-0.1, -0.05) is 0 Å². The van der Waals surface area contributed by atoms with Gasteiger partial charge in [-0.25, -0.2) is 5.48 Å². The Bertz CT molecular complexity index is 341. The Morgan fingerprint density at radius 1 is 1.06 bits per heavy atom. The second-order valence-electron chi connectivity index (χ2n) is 2.73. The smallest absolute Gasteiger partial charge is 0.320 e. The van der Waals surface area contributed by atoms with E-state index in [1.54, 1.807) is 12.1 Å². The van der Waals surface area contributed by atoms with Gasteiger partial charge in [0.1, 0.15) is 0 Å². The third-order valence-corrected chi connectivity index (χ3v) is 1.89. The zero-order valence-electron chi connectivity index (χ0n) is 9.27. The van der Waals surface area contributed by atoms with Crippen LogP contribution in [0.1, 0.15) is 0 Å². The minimum atomic E-state index is 0.281. The molecule has 0 saturated heterocycles. The van der Waals surface area contributed by atoms with Gasteiger partial charge in [-0.05, 0) is 0 Å². The predicted octanol–water partition coefficient (Wildman–Crippen LogP) is 1.21. The molecule has 1 N–H and O–H groups in total. The molecule has 0 aliphatic rings. The van der Waals surface area contributed by atoms with Crippen molar-refractivity contribution in [3.05, 3.63) is 12.1 Å². The summed E-state index contributed by atoms with van der Waals surface area (Å²) in [6.45, 7) is 0.281. The molecule has 88 valence electrons. The number of hydrogen-bond acceptors (Lipinski definition) is 6. The second kappa shape index (κ2) is 5.69. The summed E-state index contributed by atoms with van der Waals surface area (Å²) in [7, 11) is 4.51. The van der Waals surface area contributed by atoms with Crippen LogP contribution in [0.15, 0.2) is 12.1 Å². The van der Waals surface area contributed by atoms with Gasteiger partial charge < -0.3 is 19.0 Å². The Kier molecular flexibility index (Phi) is 4.26. The third-order valence-electron chi connectivity index (χ3n) is 1.89. The first-order valence-electron chi connectivity index (χ1n) is 4.42. The lowest BCUT2D eigenvalue weighted by atomic mass is 10.2. The molecule has 0 heterocycles. The van der Waals surface area contributed by atoms with Crippen molar-refractivity contribution in [2.75, 3.05) is 26.8 Å². The summed E-state index contributed by atoms with van der Waals surface area (Å²) in [6, 6.07) is 3.23. The van der Waals surface area contributed by atoms with Crippen LogP contribution in [0.3, 0.4) is 0 Å². The molecule has 0 amide bonds.